The lowest BCUT2D eigenvalue weighted by molar-refractivity contribution is -0.137. The molecule has 1 unspecified atom stereocenters. The third-order valence-electron chi connectivity index (χ3n) is 4.25. The molecule has 2 aromatic rings. The van der Waals surface area contributed by atoms with Crippen LogP contribution in [0.4, 0.5) is 10.5 Å². The van der Waals surface area contributed by atoms with Gasteiger partial charge in [0.15, 0.2) is 0 Å². The van der Waals surface area contributed by atoms with E-state index in [9.17, 15) is 24.3 Å². The average Bonchev–Trinajstić information content (AvgIpc) is 2.79. The fourth-order valence-corrected chi connectivity index (χ4v) is 3.35. The van der Waals surface area contributed by atoms with Gasteiger partial charge in [-0.3, -0.25) is 19.8 Å². The second-order valence-electron chi connectivity index (χ2n) is 6.90. The molecule has 0 aliphatic carbocycles. The minimum Gasteiger partial charge on any atom is -0.481 e. The Morgan fingerprint density at radius 2 is 1.83 bits per heavy atom. The number of ether oxygens (including phenoxy) is 1. The summed E-state index contributed by atoms with van der Waals surface area (Å²) in [7, 11) is 0. The summed E-state index contributed by atoms with van der Waals surface area (Å²) in [4.78, 5) is 51.3. The molecule has 0 aliphatic heterocycles. The Bertz CT molecular complexity index is 1090. The monoisotopic (exact) mass is 523 g/mol. The molecule has 5 N–H and O–H groups in total. The number of nitrogens with one attached hydrogen (secondary N) is 4. The predicted molar refractivity (Wildman–Crippen MR) is 130 cm³/mol. The van der Waals surface area contributed by atoms with Gasteiger partial charge >= 0.3 is 12.1 Å². The standard InChI is InChI=1S/C22H23Cl2N5O6/c1-2-35-22(34)29-27-12-26-17-5-3-4-13(8-17)21(33)25-11-19(30)28-18(10-20(31)32)14-6-15(23)9-16(24)7-14/h3-9,12,18H,2,10-11H2,1H3,(H,25,33)(H,26,27)(H,28,30)(H,29,34)(H,31,32). The summed E-state index contributed by atoms with van der Waals surface area (Å²) < 4.78 is 4.67. The van der Waals surface area contributed by atoms with Gasteiger partial charge in [-0.2, -0.15) is 0 Å². The van der Waals surface area contributed by atoms with Crippen molar-refractivity contribution < 1.29 is 29.0 Å². The van der Waals surface area contributed by atoms with Crippen LogP contribution < -0.4 is 21.5 Å². The van der Waals surface area contributed by atoms with E-state index < -0.39 is 42.9 Å². The fraction of sp³-hybridized carbons (Fsp3) is 0.227. The van der Waals surface area contributed by atoms with Gasteiger partial charge in [0.05, 0.1) is 31.3 Å². The Morgan fingerprint density at radius 3 is 2.49 bits per heavy atom. The van der Waals surface area contributed by atoms with E-state index in [2.05, 4.69) is 31.2 Å². The number of aliphatic imine (C=N–C) groups is 1. The van der Waals surface area contributed by atoms with Crippen LogP contribution in [0.15, 0.2) is 47.5 Å². The molecule has 1 atom stereocenters. The molecule has 2 rings (SSSR count). The first-order chi connectivity index (χ1) is 16.7. The summed E-state index contributed by atoms with van der Waals surface area (Å²) >= 11 is 12.0. The van der Waals surface area contributed by atoms with Crippen LogP contribution in [-0.2, 0) is 14.3 Å². The largest absolute Gasteiger partial charge is 0.481 e. The molecule has 3 amide bonds. The van der Waals surface area contributed by atoms with Crippen LogP contribution in [0, 0.1) is 0 Å². The van der Waals surface area contributed by atoms with Crippen LogP contribution in [0.2, 0.25) is 10.0 Å². The van der Waals surface area contributed by atoms with Crippen molar-refractivity contribution in [3.8, 4) is 0 Å². The molecule has 0 heterocycles. The third-order valence-corrected chi connectivity index (χ3v) is 4.68. The zero-order valence-electron chi connectivity index (χ0n) is 18.5. The number of carbonyl (C=O) groups excluding carboxylic acids is 3. The Kier molecular flexibility index (Phi) is 10.8. The maximum atomic E-state index is 12.5. The van der Waals surface area contributed by atoms with Crippen molar-refractivity contribution in [2.75, 3.05) is 13.2 Å². The first kappa shape index (κ1) is 27.4. The molecule has 0 fully saturated rings. The number of carboxylic acids is 1. The Hall–Kier alpha value is -3.83. The van der Waals surface area contributed by atoms with E-state index in [-0.39, 0.29) is 12.2 Å². The van der Waals surface area contributed by atoms with Crippen LogP contribution in [0.25, 0.3) is 0 Å². The molecule has 0 saturated carbocycles. The smallest absolute Gasteiger partial charge is 0.425 e. The predicted octanol–water partition coefficient (Wildman–Crippen LogP) is 2.97. The molecule has 13 heteroatoms. The molecule has 2 aromatic carbocycles. The van der Waals surface area contributed by atoms with Crippen molar-refractivity contribution in [1.82, 2.24) is 21.5 Å². The van der Waals surface area contributed by atoms with Crippen LogP contribution in [0.5, 0.6) is 0 Å². The number of nitrogens with zero attached hydrogens (tertiary/aromatic N) is 1. The average molecular weight is 524 g/mol. The second kappa shape index (κ2) is 13.8. The highest BCUT2D eigenvalue weighted by Gasteiger charge is 2.20. The van der Waals surface area contributed by atoms with Crippen molar-refractivity contribution in [3.63, 3.8) is 0 Å². The topological polar surface area (TPSA) is 158 Å². The molecule has 0 saturated heterocycles. The lowest BCUT2D eigenvalue weighted by Crippen LogP contribution is -2.39. The van der Waals surface area contributed by atoms with Crippen molar-refractivity contribution in [3.05, 3.63) is 63.6 Å². The van der Waals surface area contributed by atoms with Crippen molar-refractivity contribution in [2.45, 2.75) is 19.4 Å². The maximum absolute atomic E-state index is 12.5. The number of amides is 3. The Morgan fingerprint density at radius 1 is 1.11 bits per heavy atom. The highest BCUT2D eigenvalue weighted by Crippen LogP contribution is 2.25. The number of carboxylic acid groups (broad SMARTS) is 1. The number of benzene rings is 2. The summed E-state index contributed by atoms with van der Waals surface area (Å²) in [6.07, 6.45) is 0.121. The summed E-state index contributed by atoms with van der Waals surface area (Å²) in [5.74, 6) is -2.29. The molecule has 0 radical (unpaired) electrons. The van der Waals surface area contributed by atoms with E-state index in [1.807, 2.05) is 0 Å². The van der Waals surface area contributed by atoms with Gasteiger partial charge in [-0.15, -0.1) is 0 Å². The van der Waals surface area contributed by atoms with E-state index in [0.29, 0.717) is 21.3 Å². The summed E-state index contributed by atoms with van der Waals surface area (Å²) in [6, 6.07) is 9.80. The molecule has 0 bridgehead atoms. The van der Waals surface area contributed by atoms with Crippen LogP contribution in [0.1, 0.15) is 35.3 Å². The molecule has 35 heavy (non-hydrogen) atoms. The number of aliphatic carboxylic acids is 1. The number of hydrogen-bond acceptors (Lipinski definition) is 6. The van der Waals surface area contributed by atoms with Gasteiger partial charge in [0.2, 0.25) is 5.91 Å². The lowest BCUT2D eigenvalue weighted by Gasteiger charge is -2.18. The van der Waals surface area contributed by atoms with Gasteiger partial charge in [-0.25, -0.2) is 15.2 Å². The Balaban J connectivity index is 1.94. The van der Waals surface area contributed by atoms with Crippen molar-refractivity contribution >= 4 is 59.1 Å². The van der Waals surface area contributed by atoms with E-state index in [4.69, 9.17) is 23.2 Å². The van der Waals surface area contributed by atoms with Crippen LogP contribution in [-0.4, -0.2) is 48.5 Å². The zero-order valence-corrected chi connectivity index (χ0v) is 20.0. The lowest BCUT2D eigenvalue weighted by atomic mass is 10.0. The number of hydrogen-bond donors (Lipinski definition) is 5. The quantitative estimate of drug-likeness (QED) is 0.172. The first-order valence-corrected chi connectivity index (χ1v) is 11.0. The molecule has 11 nitrogen and oxygen atoms in total. The number of halogens is 2. The molecule has 0 aromatic heterocycles. The van der Waals surface area contributed by atoms with E-state index >= 15 is 0 Å². The summed E-state index contributed by atoms with van der Waals surface area (Å²) in [5, 5.41) is 14.8. The SMILES string of the molecule is CCOC(=O)NNC=Nc1cccc(C(=O)NCC(=O)NC(CC(=O)O)c2cc(Cl)cc(Cl)c2)c1. The fourth-order valence-electron chi connectivity index (χ4n) is 2.80. The van der Waals surface area contributed by atoms with Gasteiger partial charge in [0.25, 0.3) is 5.91 Å². The van der Waals surface area contributed by atoms with E-state index in [1.54, 1.807) is 19.1 Å². The third kappa shape index (κ3) is 9.90. The van der Waals surface area contributed by atoms with Crippen LogP contribution >= 0.6 is 23.2 Å². The molecular weight excluding hydrogens is 501 g/mol. The molecule has 0 spiro atoms. The normalized spacial score (nSPS) is 11.4. The van der Waals surface area contributed by atoms with E-state index in [1.165, 1.54) is 36.7 Å². The second-order valence-corrected chi connectivity index (χ2v) is 7.77. The van der Waals surface area contributed by atoms with Crippen LogP contribution in [0.3, 0.4) is 0 Å². The van der Waals surface area contributed by atoms with E-state index in [0.717, 1.165) is 0 Å². The minimum atomic E-state index is -1.14. The first-order valence-electron chi connectivity index (χ1n) is 10.2. The van der Waals surface area contributed by atoms with Crippen molar-refractivity contribution in [1.29, 1.82) is 0 Å². The number of carbonyl (C=O) groups is 4. The number of hydrazine groups is 1. The van der Waals surface area contributed by atoms with Gasteiger partial charge in [-0.05, 0) is 48.9 Å². The van der Waals surface area contributed by atoms with Gasteiger partial charge in [-0.1, -0.05) is 29.3 Å². The maximum Gasteiger partial charge on any atom is 0.425 e. The van der Waals surface area contributed by atoms with Gasteiger partial charge in [0.1, 0.15) is 6.34 Å². The van der Waals surface area contributed by atoms with Gasteiger partial charge in [0, 0.05) is 15.6 Å². The highest BCUT2D eigenvalue weighted by molar-refractivity contribution is 6.34. The Labute approximate surface area is 210 Å². The van der Waals surface area contributed by atoms with Gasteiger partial charge < -0.3 is 20.5 Å². The molecule has 0 aliphatic rings. The van der Waals surface area contributed by atoms with Crippen molar-refractivity contribution in [2.24, 2.45) is 4.99 Å². The minimum absolute atomic E-state index is 0.217. The number of rotatable bonds is 11. The zero-order chi connectivity index (χ0) is 25.8. The molecular formula is C22H23Cl2N5O6. The highest BCUT2D eigenvalue weighted by atomic mass is 35.5. The summed E-state index contributed by atoms with van der Waals surface area (Å²) in [5.41, 5.74) is 5.72. The molecule has 186 valence electrons. The summed E-state index contributed by atoms with van der Waals surface area (Å²) in [6.45, 7) is 1.48.